The van der Waals surface area contributed by atoms with Crippen LogP contribution in [0.15, 0.2) is 22.8 Å². The van der Waals surface area contributed by atoms with Crippen molar-refractivity contribution in [1.82, 2.24) is 10.2 Å². The van der Waals surface area contributed by atoms with Crippen LogP contribution in [-0.2, 0) is 4.79 Å². The van der Waals surface area contributed by atoms with E-state index in [4.69, 9.17) is 4.42 Å². The van der Waals surface area contributed by atoms with Gasteiger partial charge in [-0.05, 0) is 31.5 Å². The lowest BCUT2D eigenvalue weighted by atomic mass is 10.1. The highest BCUT2D eigenvalue weighted by atomic mass is 16.3. The molecule has 4 heteroatoms. The number of carbonyl (C=O) groups is 1. The van der Waals surface area contributed by atoms with E-state index < -0.39 is 0 Å². The molecule has 0 aromatic carbocycles. The van der Waals surface area contributed by atoms with E-state index in [0.717, 1.165) is 25.1 Å². The third-order valence-electron chi connectivity index (χ3n) is 3.36. The summed E-state index contributed by atoms with van der Waals surface area (Å²) >= 11 is 0. The Morgan fingerprint density at radius 2 is 2.41 bits per heavy atom. The Labute approximate surface area is 102 Å². The number of hydrogen-bond donors (Lipinski definition) is 1. The number of rotatable bonds is 3. The molecule has 1 fully saturated rings. The standard InChI is InChI=1S/C13H20N2O2/c1-14-13(16)10-15-8-4-2-3-6-11(15)12-7-5-9-17-12/h5,7,9,11H,2-4,6,8,10H2,1H3,(H,14,16). The molecule has 1 N–H and O–H groups in total. The van der Waals surface area contributed by atoms with E-state index in [-0.39, 0.29) is 11.9 Å². The molecule has 0 radical (unpaired) electrons. The zero-order valence-electron chi connectivity index (χ0n) is 10.3. The van der Waals surface area contributed by atoms with Crippen LogP contribution in [0.1, 0.15) is 37.5 Å². The van der Waals surface area contributed by atoms with E-state index >= 15 is 0 Å². The van der Waals surface area contributed by atoms with Gasteiger partial charge in [0, 0.05) is 7.05 Å². The van der Waals surface area contributed by atoms with E-state index in [0.29, 0.717) is 6.54 Å². The molecule has 2 rings (SSSR count). The minimum Gasteiger partial charge on any atom is -0.468 e. The van der Waals surface area contributed by atoms with E-state index in [1.165, 1.54) is 12.8 Å². The molecular formula is C13H20N2O2. The number of carbonyl (C=O) groups excluding carboxylic acids is 1. The molecule has 1 aliphatic rings. The molecule has 1 atom stereocenters. The van der Waals surface area contributed by atoms with Gasteiger partial charge in [0.05, 0.1) is 18.8 Å². The maximum Gasteiger partial charge on any atom is 0.233 e. The number of nitrogens with zero attached hydrogens (tertiary/aromatic N) is 1. The first kappa shape index (κ1) is 12.2. The highest BCUT2D eigenvalue weighted by Gasteiger charge is 2.25. The van der Waals surface area contributed by atoms with Gasteiger partial charge in [-0.2, -0.15) is 0 Å². The Balaban J connectivity index is 2.10. The summed E-state index contributed by atoms with van der Waals surface area (Å²) in [6.45, 7) is 1.43. The molecule has 2 heterocycles. The second kappa shape index (κ2) is 5.87. The summed E-state index contributed by atoms with van der Waals surface area (Å²) in [6.07, 6.45) is 6.38. The number of furan rings is 1. The van der Waals surface area contributed by atoms with Crippen LogP contribution < -0.4 is 5.32 Å². The lowest BCUT2D eigenvalue weighted by Crippen LogP contribution is -2.37. The Bertz CT molecular complexity index is 348. The zero-order valence-corrected chi connectivity index (χ0v) is 10.3. The highest BCUT2D eigenvalue weighted by molar-refractivity contribution is 5.77. The van der Waals surface area contributed by atoms with Crippen molar-refractivity contribution in [2.24, 2.45) is 0 Å². The summed E-state index contributed by atoms with van der Waals surface area (Å²) in [5, 5.41) is 2.69. The molecule has 1 unspecified atom stereocenters. The third kappa shape index (κ3) is 3.09. The van der Waals surface area contributed by atoms with Crippen molar-refractivity contribution in [2.75, 3.05) is 20.1 Å². The normalized spacial score (nSPS) is 22.1. The Hall–Kier alpha value is -1.29. The summed E-state index contributed by atoms with van der Waals surface area (Å²) in [5.74, 6) is 1.05. The van der Waals surface area contributed by atoms with Crippen molar-refractivity contribution in [3.8, 4) is 0 Å². The number of likely N-dealkylation sites (N-methyl/N-ethyl adjacent to an activating group) is 1. The molecule has 0 aliphatic carbocycles. The second-order valence-corrected chi connectivity index (χ2v) is 4.52. The maximum absolute atomic E-state index is 11.5. The van der Waals surface area contributed by atoms with Gasteiger partial charge >= 0.3 is 0 Å². The second-order valence-electron chi connectivity index (χ2n) is 4.52. The van der Waals surface area contributed by atoms with Gasteiger partial charge in [-0.25, -0.2) is 0 Å². The van der Waals surface area contributed by atoms with Gasteiger partial charge in [-0.3, -0.25) is 9.69 Å². The summed E-state index contributed by atoms with van der Waals surface area (Å²) in [7, 11) is 1.68. The number of nitrogens with one attached hydrogen (secondary N) is 1. The van der Waals surface area contributed by atoms with Crippen LogP contribution in [0.2, 0.25) is 0 Å². The van der Waals surface area contributed by atoms with Crippen LogP contribution in [0, 0.1) is 0 Å². The lowest BCUT2D eigenvalue weighted by molar-refractivity contribution is -0.122. The van der Waals surface area contributed by atoms with Gasteiger partial charge in [0.2, 0.25) is 5.91 Å². The molecule has 4 nitrogen and oxygen atoms in total. The van der Waals surface area contributed by atoms with Crippen LogP contribution in [0.3, 0.4) is 0 Å². The molecule has 0 bridgehead atoms. The minimum atomic E-state index is 0.0726. The molecular weight excluding hydrogens is 216 g/mol. The van der Waals surface area contributed by atoms with Gasteiger partial charge in [0.1, 0.15) is 5.76 Å². The van der Waals surface area contributed by atoms with Gasteiger partial charge in [-0.1, -0.05) is 12.8 Å². The van der Waals surface area contributed by atoms with E-state index in [9.17, 15) is 4.79 Å². The van der Waals surface area contributed by atoms with Gasteiger partial charge in [0.25, 0.3) is 0 Å². The summed E-state index contributed by atoms with van der Waals surface area (Å²) in [5.41, 5.74) is 0. The zero-order chi connectivity index (χ0) is 12.1. The number of likely N-dealkylation sites (tertiary alicyclic amines) is 1. The monoisotopic (exact) mass is 236 g/mol. The largest absolute Gasteiger partial charge is 0.468 e. The molecule has 0 saturated carbocycles. The third-order valence-corrected chi connectivity index (χ3v) is 3.36. The molecule has 17 heavy (non-hydrogen) atoms. The minimum absolute atomic E-state index is 0.0726. The van der Waals surface area contributed by atoms with E-state index in [2.05, 4.69) is 10.2 Å². The predicted molar refractivity (Wildman–Crippen MR) is 65.6 cm³/mol. The molecule has 94 valence electrons. The Morgan fingerprint density at radius 1 is 1.53 bits per heavy atom. The molecule has 1 aliphatic heterocycles. The molecule has 1 aromatic rings. The topological polar surface area (TPSA) is 45.5 Å². The highest BCUT2D eigenvalue weighted by Crippen LogP contribution is 2.29. The summed E-state index contributed by atoms with van der Waals surface area (Å²) in [6, 6.07) is 4.18. The molecule has 1 aromatic heterocycles. The quantitative estimate of drug-likeness (QED) is 0.872. The number of amides is 1. The van der Waals surface area contributed by atoms with Crippen LogP contribution in [0.4, 0.5) is 0 Å². The summed E-state index contributed by atoms with van der Waals surface area (Å²) in [4.78, 5) is 13.8. The smallest absolute Gasteiger partial charge is 0.233 e. The van der Waals surface area contributed by atoms with Gasteiger partial charge in [-0.15, -0.1) is 0 Å². The molecule has 1 amide bonds. The fraction of sp³-hybridized carbons (Fsp3) is 0.615. The van der Waals surface area contributed by atoms with Crippen LogP contribution in [0.25, 0.3) is 0 Å². The van der Waals surface area contributed by atoms with Crippen molar-refractivity contribution in [2.45, 2.75) is 31.7 Å². The first-order chi connectivity index (χ1) is 8.31. The Morgan fingerprint density at radius 3 is 3.12 bits per heavy atom. The summed E-state index contributed by atoms with van der Waals surface area (Å²) < 4.78 is 5.50. The van der Waals surface area contributed by atoms with Crippen molar-refractivity contribution in [3.63, 3.8) is 0 Å². The maximum atomic E-state index is 11.5. The SMILES string of the molecule is CNC(=O)CN1CCCCCC1c1ccco1. The fourth-order valence-electron chi connectivity index (χ4n) is 2.42. The lowest BCUT2D eigenvalue weighted by Gasteiger charge is -2.27. The molecule has 0 spiro atoms. The average Bonchev–Trinajstić information content (AvgIpc) is 2.77. The van der Waals surface area contributed by atoms with Gasteiger partial charge < -0.3 is 9.73 Å². The first-order valence-corrected chi connectivity index (χ1v) is 6.29. The Kier molecular flexibility index (Phi) is 4.20. The van der Waals surface area contributed by atoms with E-state index in [1.807, 2.05) is 12.1 Å². The average molecular weight is 236 g/mol. The fourth-order valence-corrected chi connectivity index (χ4v) is 2.42. The van der Waals surface area contributed by atoms with Crippen molar-refractivity contribution in [1.29, 1.82) is 0 Å². The number of hydrogen-bond acceptors (Lipinski definition) is 3. The van der Waals surface area contributed by atoms with Crippen molar-refractivity contribution in [3.05, 3.63) is 24.2 Å². The van der Waals surface area contributed by atoms with Gasteiger partial charge in [0.15, 0.2) is 0 Å². The van der Waals surface area contributed by atoms with Crippen molar-refractivity contribution >= 4 is 5.91 Å². The first-order valence-electron chi connectivity index (χ1n) is 6.29. The van der Waals surface area contributed by atoms with Crippen molar-refractivity contribution < 1.29 is 9.21 Å². The van der Waals surface area contributed by atoms with E-state index in [1.54, 1.807) is 13.3 Å². The predicted octanol–water partition coefficient (Wildman–Crippen LogP) is 1.94. The van der Waals surface area contributed by atoms with Crippen LogP contribution in [-0.4, -0.2) is 30.9 Å². The molecule has 1 saturated heterocycles. The van der Waals surface area contributed by atoms with Crippen LogP contribution >= 0.6 is 0 Å². The van der Waals surface area contributed by atoms with Crippen LogP contribution in [0.5, 0.6) is 0 Å².